The second kappa shape index (κ2) is 6.26. The molecule has 0 aliphatic carbocycles. The molecule has 19 heavy (non-hydrogen) atoms. The highest BCUT2D eigenvalue weighted by Crippen LogP contribution is 2.31. The highest BCUT2D eigenvalue weighted by Gasteiger charge is 2.21. The number of aromatic nitrogens is 1. The van der Waals surface area contributed by atoms with Gasteiger partial charge in [0.1, 0.15) is 5.82 Å². The molecule has 0 radical (unpaired) electrons. The lowest BCUT2D eigenvalue weighted by Crippen LogP contribution is -2.24. The molecule has 0 fully saturated rings. The number of benzene rings is 1. The Morgan fingerprint density at radius 2 is 2.16 bits per heavy atom. The van der Waals surface area contributed by atoms with E-state index >= 15 is 0 Å². The smallest absolute Gasteiger partial charge is 0.129 e. The number of pyridine rings is 1. The number of nitrogens with one attached hydrogen (secondary N) is 1. The number of aryl methyl sites for hydroxylation is 1. The van der Waals surface area contributed by atoms with Crippen molar-refractivity contribution >= 4 is 15.9 Å². The Morgan fingerprint density at radius 3 is 2.79 bits per heavy atom. The van der Waals surface area contributed by atoms with E-state index in [4.69, 9.17) is 0 Å². The van der Waals surface area contributed by atoms with Crippen molar-refractivity contribution in [3.8, 4) is 0 Å². The monoisotopic (exact) mass is 322 g/mol. The minimum absolute atomic E-state index is 0.200. The minimum atomic E-state index is -0.219. The van der Waals surface area contributed by atoms with Crippen molar-refractivity contribution in [3.05, 3.63) is 63.6 Å². The van der Waals surface area contributed by atoms with Crippen LogP contribution < -0.4 is 5.32 Å². The summed E-state index contributed by atoms with van der Waals surface area (Å²) in [6.07, 6.45) is 3.54. The van der Waals surface area contributed by atoms with Crippen molar-refractivity contribution in [2.24, 2.45) is 0 Å². The first-order valence-electron chi connectivity index (χ1n) is 6.23. The van der Waals surface area contributed by atoms with Crippen LogP contribution in [0.25, 0.3) is 0 Å². The van der Waals surface area contributed by atoms with Crippen LogP contribution in [0.5, 0.6) is 0 Å². The van der Waals surface area contributed by atoms with E-state index in [1.165, 1.54) is 6.07 Å². The van der Waals surface area contributed by atoms with E-state index in [0.29, 0.717) is 5.56 Å². The van der Waals surface area contributed by atoms with E-state index in [9.17, 15) is 4.39 Å². The SMILES string of the molecule is CCNC(c1cnccc1C)c1c(F)cccc1Br. The lowest BCUT2D eigenvalue weighted by molar-refractivity contribution is 0.554. The second-order valence-corrected chi connectivity index (χ2v) is 5.21. The quantitative estimate of drug-likeness (QED) is 0.920. The second-order valence-electron chi connectivity index (χ2n) is 4.36. The Bertz CT molecular complexity index is 552. The molecule has 0 amide bonds. The Balaban J connectivity index is 2.55. The zero-order chi connectivity index (χ0) is 13.8. The summed E-state index contributed by atoms with van der Waals surface area (Å²) in [5.74, 6) is -0.219. The molecule has 2 rings (SSSR count). The summed E-state index contributed by atoms with van der Waals surface area (Å²) < 4.78 is 14.9. The molecular weight excluding hydrogens is 307 g/mol. The molecule has 0 aliphatic rings. The summed E-state index contributed by atoms with van der Waals surface area (Å²) in [7, 11) is 0. The third kappa shape index (κ3) is 3.01. The van der Waals surface area contributed by atoms with Crippen molar-refractivity contribution in [2.75, 3.05) is 6.54 Å². The van der Waals surface area contributed by atoms with Gasteiger partial charge in [0, 0.05) is 22.4 Å². The van der Waals surface area contributed by atoms with Gasteiger partial charge in [-0.05, 0) is 42.8 Å². The van der Waals surface area contributed by atoms with E-state index in [1.54, 1.807) is 18.5 Å². The molecule has 4 heteroatoms. The molecule has 1 unspecified atom stereocenters. The molecule has 2 nitrogen and oxygen atoms in total. The molecule has 1 heterocycles. The van der Waals surface area contributed by atoms with Crippen molar-refractivity contribution in [1.29, 1.82) is 0 Å². The summed E-state index contributed by atoms with van der Waals surface area (Å²) in [6.45, 7) is 4.77. The van der Waals surface area contributed by atoms with Gasteiger partial charge >= 0.3 is 0 Å². The van der Waals surface area contributed by atoms with Gasteiger partial charge in [-0.15, -0.1) is 0 Å². The molecular formula is C15H16BrFN2. The van der Waals surface area contributed by atoms with Gasteiger partial charge in [0.15, 0.2) is 0 Å². The van der Waals surface area contributed by atoms with Crippen LogP contribution in [0.2, 0.25) is 0 Å². The normalized spacial score (nSPS) is 12.4. The van der Waals surface area contributed by atoms with Crippen LogP contribution in [-0.4, -0.2) is 11.5 Å². The fourth-order valence-corrected chi connectivity index (χ4v) is 2.71. The summed E-state index contributed by atoms with van der Waals surface area (Å²) in [5, 5.41) is 3.33. The van der Waals surface area contributed by atoms with Crippen molar-refractivity contribution in [3.63, 3.8) is 0 Å². The third-order valence-corrected chi connectivity index (χ3v) is 3.78. The van der Waals surface area contributed by atoms with Crippen LogP contribution in [-0.2, 0) is 0 Å². The zero-order valence-electron chi connectivity index (χ0n) is 11.0. The molecule has 1 atom stereocenters. The summed E-state index contributed by atoms with van der Waals surface area (Å²) >= 11 is 3.44. The summed E-state index contributed by atoms with van der Waals surface area (Å²) in [6, 6.07) is 6.77. The Morgan fingerprint density at radius 1 is 1.37 bits per heavy atom. The Hall–Kier alpha value is -1.26. The van der Waals surface area contributed by atoms with Gasteiger partial charge < -0.3 is 5.32 Å². The van der Waals surface area contributed by atoms with Crippen molar-refractivity contribution in [1.82, 2.24) is 10.3 Å². The topological polar surface area (TPSA) is 24.9 Å². The predicted octanol–water partition coefficient (Wildman–Crippen LogP) is 3.99. The minimum Gasteiger partial charge on any atom is -0.306 e. The van der Waals surface area contributed by atoms with E-state index in [0.717, 1.165) is 22.1 Å². The number of hydrogen-bond acceptors (Lipinski definition) is 2. The maximum atomic E-state index is 14.2. The highest BCUT2D eigenvalue weighted by atomic mass is 79.9. The van der Waals surface area contributed by atoms with Crippen LogP contribution in [0.4, 0.5) is 4.39 Å². The first kappa shape index (κ1) is 14.2. The molecule has 0 bridgehead atoms. The maximum absolute atomic E-state index is 14.2. The lowest BCUT2D eigenvalue weighted by atomic mass is 9.96. The van der Waals surface area contributed by atoms with Gasteiger partial charge in [-0.1, -0.05) is 28.9 Å². The number of nitrogens with zero attached hydrogens (tertiary/aromatic N) is 1. The molecule has 1 aromatic carbocycles. The van der Waals surface area contributed by atoms with Crippen LogP contribution >= 0.6 is 15.9 Å². The van der Waals surface area contributed by atoms with Crippen LogP contribution in [0.15, 0.2) is 41.1 Å². The summed E-state index contributed by atoms with van der Waals surface area (Å²) in [4.78, 5) is 4.16. The Labute approximate surface area is 121 Å². The zero-order valence-corrected chi connectivity index (χ0v) is 12.5. The van der Waals surface area contributed by atoms with Gasteiger partial charge in [-0.2, -0.15) is 0 Å². The molecule has 1 N–H and O–H groups in total. The van der Waals surface area contributed by atoms with Crippen LogP contribution in [0.1, 0.15) is 29.7 Å². The average Bonchev–Trinajstić information content (AvgIpc) is 2.38. The predicted molar refractivity (Wildman–Crippen MR) is 78.6 cm³/mol. The largest absolute Gasteiger partial charge is 0.306 e. The number of hydrogen-bond donors (Lipinski definition) is 1. The van der Waals surface area contributed by atoms with Crippen molar-refractivity contribution in [2.45, 2.75) is 19.9 Å². The molecule has 100 valence electrons. The lowest BCUT2D eigenvalue weighted by Gasteiger charge is -2.22. The number of halogens is 2. The maximum Gasteiger partial charge on any atom is 0.129 e. The van der Waals surface area contributed by atoms with Gasteiger partial charge in [-0.3, -0.25) is 4.98 Å². The average molecular weight is 323 g/mol. The van der Waals surface area contributed by atoms with Crippen LogP contribution in [0, 0.1) is 12.7 Å². The first-order valence-corrected chi connectivity index (χ1v) is 7.02. The van der Waals surface area contributed by atoms with E-state index in [1.807, 2.05) is 26.0 Å². The third-order valence-electron chi connectivity index (χ3n) is 3.09. The van der Waals surface area contributed by atoms with Crippen LogP contribution in [0.3, 0.4) is 0 Å². The summed E-state index contributed by atoms with van der Waals surface area (Å²) in [5.41, 5.74) is 2.71. The fraction of sp³-hybridized carbons (Fsp3) is 0.267. The fourth-order valence-electron chi connectivity index (χ4n) is 2.14. The molecule has 1 aromatic heterocycles. The molecule has 0 aliphatic heterocycles. The van der Waals surface area contributed by atoms with E-state index in [-0.39, 0.29) is 11.9 Å². The van der Waals surface area contributed by atoms with E-state index < -0.39 is 0 Å². The first-order chi connectivity index (χ1) is 9.15. The highest BCUT2D eigenvalue weighted by molar-refractivity contribution is 9.10. The Kier molecular flexibility index (Phi) is 4.66. The number of rotatable bonds is 4. The molecule has 2 aromatic rings. The van der Waals surface area contributed by atoms with Crippen molar-refractivity contribution < 1.29 is 4.39 Å². The van der Waals surface area contributed by atoms with Gasteiger partial charge in [0.2, 0.25) is 0 Å². The van der Waals surface area contributed by atoms with E-state index in [2.05, 4.69) is 26.2 Å². The van der Waals surface area contributed by atoms with Gasteiger partial charge in [-0.25, -0.2) is 4.39 Å². The molecule has 0 saturated carbocycles. The molecule has 0 saturated heterocycles. The van der Waals surface area contributed by atoms with Gasteiger partial charge in [0.05, 0.1) is 6.04 Å². The molecule has 0 spiro atoms. The van der Waals surface area contributed by atoms with Gasteiger partial charge in [0.25, 0.3) is 0 Å². The standard InChI is InChI=1S/C15H16BrFN2/c1-3-19-15(11-9-18-8-7-10(11)2)14-12(16)5-4-6-13(14)17/h4-9,15,19H,3H2,1-2H3.